The number of unbranched alkanes of at least 4 members (excludes halogenated alkanes) is 1. The molecule has 1 heterocycles. The Bertz CT molecular complexity index is 709. The molecular weight excluding hydrogens is 452 g/mol. The minimum absolute atomic E-state index is 0.237. The van der Waals surface area contributed by atoms with Crippen molar-refractivity contribution in [2.45, 2.75) is 69.1 Å². The van der Waals surface area contributed by atoms with Crippen molar-refractivity contribution < 1.29 is 29.1 Å². The molecule has 1 saturated heterocycles. The Balaban J connectivity index is 2.85. The highest BCUT2D eigenvalue weighted by atomic mass is 32.2. The normalized spacial score (nSPS) is 18.3. The van der Waals surface area contributed by atoms with Gasteiger partial charge in [0.15, 0.2) is 0 Å². The fraction of sp³-hybridized carbons (Fsp3) is 0.750. The molecule has 0 saturated carbocycles. The number of nitrogens with two attached hydrogens (primary N) is 3. The number of aliphatic carboxylic acids is 1. The van der Waals surface area contributed by atoms with E-state index in [9.17, 15) is 29.1 Å². The third-order valence-corrected chi connectivity index (χ3v) is 6.03. The molecule has 0 aromatic carbocycles. The summed E-state index contributed by atoms with van der Waals surface area (Å²) in [6.45, 7) is 0.903. The van der Waals surface area contributed by atoms with Gasteiger partial charge >= 0.3 is 5.97 Å². The van der Waals surface area contributed by atoms with Gasteiger partial charge in [0.1, 0.15) is 18.1 Å². The Kier molecular flexibility index (Phi) is 12.8. The lowest BCUT2D eigenvalue weighted by Crippen LogP contribution is -2.57. The second-order valence-electron chi connectivity index (χ2n) is 7.99. The lowest BCUT2D eigenvalue weighted by molar-refractivity contribution is -0.144. The van der Waals surface area contributed by atoms with E-state index in [1.807, 2.05) is 6.26 Å². The van der Waals surface area contributed by atoms with Crippen molar-refractivity contribution in [1.29, 1.82) is 0 Å². The number of carboxylic acid groups (broad SMARTS) is 1. The molecule has 4 unspecified atom stereocenters. The molecule has 1 rings (SSSR count). The fourth-order valence-electron chi connectivity index (χ4n) is 3.59. The van der Waals surface area contributed by atoms with Crippen molar-refractivity contribution in [3.05, 3.63) is 0 Å². The zero-order chi connectivity index (χ0) is 25.0. The van der Waals surface area contributed by atoms with Crippen molar-refractivity contribution >= 4 is 41.4 Å². The van der Waals surface area contributed by atoms with Crippen molar-refractivity contribution in [1.82, 2.24) is 15.5 Å². The van der Waals surface area contributed by atoms with Crippen LogP contribution in [0, 0.1) is 0 Å². The first kappa shape index (κ1) is 28.7. The summed E-state index contributed by atoms with van der Waals surface area (Å²) in [5.41, 5.74) is 16.5. The SMILES string of the molecule is CSCCC(NC(=O)C1CCCN1C(=O)C(N)CCCCN)C(=O)NC(CC(N)=O)C(=O)O. The van der Waals surface area contributed by atoms with Crippen LogP contribution < -0.4 is 27.8 Å². The first-order chi connectivity index (χ1) is 15.6. The Hall–Kier alpha value is -2.38. The molecule has 1 fully saturated rings. The number of hydrogen-bond donors (Lipinski definition) is 6. The van der Waals surface area contributed by atoms with E-state index in [4.69, 9.17) is 17.2 Å². The molecule has 33 heavy (non-hydrogen) atoms. The lowest BCUT2D eigenvalue weighted by Gasteiger charge is -2.28. The van der Waals surface area contributed by atoms with Gasteiger partial charge in [0.25, 0.3) is 0 Å². The Morgan fingerprint density at radius 1 is 1.12 bits per heavy atom. The number of thioether (sulfide) groups is 1. The van der Waals surface area contributed by atoms with Gasteiger partial charge in [0.2, 0.25) is 23.6 Å². The predicted octanol–water partition coefficient (Wildman–Crippen LogP) is -1.88. The smallest absolute Gasteiger partial charge is 0.326 e. The van der Waals surface area contributed by atoms with E-state index < -0.39 is 54.3 Å². The van der Waals surface area contributed by atoms with Gasteiger partial charge in [-0.05, 0) is 50.7 Å². The molecule has 12 nitrogen and oxygen atoms in total. The van der Waals surface area contributed by atoms with E-state index >= 15 is 0 Å². The number of primary amides is 1. The summed E-state index contributed by atoms with van der Waals surface area (Å²) in [4.78, 5) is 62.3. The van der Waals surface area contributed by atoms with Gasteiger partial charge in [-0.15, -0.1) is 0 Å². The topological polar surface area (TPSA) is 211 Å². The second kappa shape index (κ2) is 14.7. The van der Waals surface area contributed by atoms with Crippen LogP contribution in [0.3, 0.4) is 0 Å². The van der Waals surface area contributed by atoms with Crippen molar-refractivity contribution in [3.63, 3.8) is 0 Å². The predicted molar refractivity (Wildman–Crippen MR) is 124 cm³/mol. The standard InChI is InChI=1S/C20H36N6O6S/c1-33-10-7-13(17(28)25-14(20(31)32)11-16(23)27)24-18(29)15-6-4-9-26(15)19(30)12(22)5-2-3-8-21/h12-15H,2-11,21-22H2,1H3,(H2,23,27)(H,24,29)(H,25,28)(H,31,32). The minimum Gasteiger partial charge on any atom is -0.480 e. The molecule has 0 aromatic rings. The Morgan fingerprint density at radius 3 is 2.39 bits per heavy atom. The van der Waals surface area contributed by atoms with Crippen LogP contribution in [0.2, 0.25) is 0 Å². The van der Waals surface area contributed by atoms with Crippen LogP contribution in [0.4, 0.5) is 0 Å². The summed E-state index contributed by atoms with van der Waals surface area (Å²) < 4.78 is 0. The number of rotatable bonds is 15. The summed E-state index contributed by atoms with van der Waals surface area (Å²) in [5.74, 6) is -3.32. The zero-order valence-electron chi connectivity index (χ0n) is 19.0. The number of amides is 4. The number of carbonyl (C=O) groups excluding carboxylic acids is 4. The molecule has 1 aliphatic heterocycles. The van der Waals surface area contributed by atoms with E-state index in [1.54, 1.807) is 0 Å². The third-order valence-electron chi connectivity index (χ3n) is 5.39. The van der Waals surface area contributed by atoms with E-state index in [1.165, 1.54) is 16.7 Å². The van der Waals surface area contributed by atoms with Gasteiger partial charge in [-0.1, -0.05) is 6.42 Å². The maximum atomic E-state index is 13.0. The molecule has 0 bridgehead atoms. The molecule has 0 radical (unpaired) electrons. The molecule has 4 amide bonds. The van der Waals surface area contributed by atoms with E-state index in [2.05, 4.69) is 10.6 Å². The van der Waals surface area contributed by atoms with Gasteiger partial charge in [-0.25, -0.2) is 4.79 Å². The average molecular weight is 489 g/mol. The number of hydrogen-bond acceptors (Lipinski definition) is 8. The van der Waals surface area contributed by atoms with Crippen molar-refractivity contribution in [2.24, 2.45) is 17.2 Å². The van der Waals surface area contributed by atoms with Crippen LogP contribution >= 0.6 is 11.8 Å². The second-order valence-corrected chi connectivity index (χ2v) is 8.98. The largest absolute Gasteiger partial charge is 0.480 e. The van der Waals surface area contributed by atoms with Crippen molar-refractivity contribution in [2.75, 3.05) is 25.1 Å². The quantitative estimate of drug-likeness (QED) is 0.142. The van der Waals surface area contributed by atoms with Gasteiger partial charge in [-0.2, -0.15) is 11.8 Å². The monoisotopic (exact) mass is 488 g/mol. The third kappa shape index (κ3) is 9.56. The maximum absolute atomic E-state index is 13.0. The maximum Gasteiger partial charge on any atom is 0.326 e. The molecule has 9 N–H and O–H groups in total. The zero-order valence-corrected chi connectivity index (χ0v) is 19.8. The molecule has 0 spiro atoms. The highest BCUT2D eigenvalue weighted by Gasteiger charge is 2.37. The van der Waals surface area contributed by atoms with Crippen LogP contribution in [0.15, 0.2) is 0 Å². The number of likely N-dealkylation sites (tertiary alicyclic amines) is 1. The van der Waals surface area contributed by atoms with E-state index in [0.29, 0.717) is 44.5 Å². The molecule has 1 aliphatic rings. The number of nitrogens with zero attached hydrogens (tertiary/aromatic N) is 1. The van der Waals surface area contributed by atoms with Crippen LogP contribution in [-0.2, 0) is 24.0 Å². The lowest BCUT2D eigenvalue weighted by atomic mass is 10.1. The fourth-order valence-corrected chi connectivity index (χ4v) is 4.07. The summed E-state index contributed by atoms with van der Waals surface area (Å²) in [6, 6.07) is -4.02. The Labute approximate surface area is 197 Å². The van der Waals surface area contributed by atoms with Gasteiger partial charge < -0.3 is 37.8 Å². The van der Waals surface area contributed by atoms with Crippen LogP contribution in [0.25, 0.3) is 0 Å². The number of nitrogens with one attached hydrogen (secondary N) is 2. The van der Waals surface area contributed by atoms with E-state index in [-0.39, 0.29) is 12.3 Å². The molecule has 4 atom stereocenters. The molecule has 13 heteroatoms. The highest BCUT2D eigenvalue weighted by molar-refractivity contribution is 7.98. The van der Waals surface area contributed by atoms with Crippen LogP contribution in [-0.4, -0.2) is 88.9 Å². The van der Waals surface area contributed by atoms with Crippen molar-refractivity contribution in [3.8, 4) is 0 Å². The first-order valence-electron chi connectivity index (χ1n) is 11.0. The van der Waals surface area contributed by atoms with Gasteiger partial charge in [0, 0.05) is 6.54 Å². The van der Waals surface area contributed by atoms with Crippen LogP contribution in [0.1, 0.15) is 44.9 Å². The molecule has 0 aliphatic carbocycles. The highest BCUT2D eigenvalue weighted by Crippen LogP contribution is 2.20. The summed E-state index contributed by atoms with van der Waals surface area (Å²) >= 11 is 1.45. The Morgan fingerprint density at radius 2 is 1.82 bits per heavy atom. The van der Waals surface area contributed by atoms with Crippen LogP contribution in [0.5, 0.6) is 0 Å². The summed E-state index contributed by atoms with van der Waals surface area (Å²) in [7, 11) is 0. The molecule has 188 valence electrons. The molecular formula is C20H36N6O6S. The number of carboxylic acids is 1. The number of carbonyl (C=O) groups is 5. The first-order valence-corrected chi connectivity index (χ1v) is 12.4. The summed E-state index contributed by atoms with van der Waals surface area (Å²) in [5, 5.41) is 14.1. The average Bonchev–Trinajstić information content (AvgIpc) is 3.25. The molecule has 0 aromatic heterocycles. The van der Waals surface area contributed by atoms with Gasteiger partial charge in [0.05, 0.1) is 12.5 Å². The minimum atomic E-state index is -1.50. The van der Waals surface area contributed by atoms with E-state index in [0.717, 1.165) is 6.42 Å². The van der Waals surface area contributed by atoms with Gasteiger partial charge in [-0.3, -0.25) is 19.2 Å². The summed E-state index contributed by atoms with van der Waals surface area (Å²) in [6.07, 6.45) is 4.48.